The van der Waals surface area contributed by atoms with E-state index in [2.05, 4.69) is 9.97 Å². The summed E-state index contributed by atoms with van der Waals surface area (Å²) in [6, 6.07) is 0. The highest BCUT2D eigenvalue weighted by Crippen LogP contribution is 2.07. The number of nitrogens with zero attached hydrogens (tertiary/aromatic N) is 3. The summed E-state index contributed by atoms with van der Waals surface area (Å²) in [5, 5.41) is 0. The van der Waals surface area contributed by atoms with Crippen molar-refractivity contribution in [1.29, 1.82) is 0 Å². The van der Waals surface area contributed by atoms with Gasteiger partial charge in [0, 0.05) is 0 Å². The summed E-state index contributed by atoms with van der Waals surface area (Å²) < 4.78 is 13.1. The molecule has 0 N–H and O–H groups in total. The maximum Gasteiger partial charge on any atom is 0.165 e. The third-order valence-electron chi connectivity index (χ3n) is 1.69. The van der Waals surface area contributed by atoms with Crippen LogP contribution in [0.15, 0.2) is 0 Å². The lowest BCUT2D eigenvalue weighted by atomic mass is 10.3. The zero-order valence-electron chi connectivity index (χ0n) is 12.4. The highest BCUT2D eigenvalue weighted by atomic mass is 19.1. The Kier molecular flexibility index (Phi) is 10.9. The van der Waals surface area contributed by atoms with Gasteiger partial charge >= 0.3 is 0 Å². The smallest absolute Gasteiger partial charge is 0.165 e. The Hall–Kier alpha value is -1.03. The monoisotopic (exact) mass is 243 g/mol. The van der Waals surface area contributed by atoms with Crippen molar-refractivity contribution in [2.24, 2.45) is 0 Å². The van der Waals surface area contributed by atoms with Gasteiger partial charge in [0.05, 0.1) is 17.9 Å². The Bertz CT molecular complexity index is 289. The van der Waals surface area contributed by atoms with Crippen molar-refractivity contribution in [2.75, 3.05) is 14.1 Å². The predicted octanol–water partition coefficient (Wildman–Crippen LogP) is 3.35. The van der Waals surface area contributed by atoms with Crippen molar-refractivity contribution in [1.82, 2.24) is 14.9 Å². The molecule has 0 atom stereocenters. The first-order valence-electron chi connectivity index (χ1n) is 6.15. The van der Waals surface area contributed by atoms with Gasteiger partial charge in [0.2, 0.25) is 0 Å². The molecule has 1 rings (SSSR count). The number of halogens is 1. The average Bonchev–Trinajstić information content (AvgIpc) is 2.30. The Morgan fingerprint density at radius 1 is 0.941 bits per heavy atom. The Morgan fingerprint density at radius 3 is 1.59 bits per heavy atom. The van der Waals surface area contributed by atoms with Crippen molar-refractivity contribution in [3.63, 3.8) is 0 Å². The highest BCUT2D eigenvalue weighted by molar-refractivity contribution is 5.11. The van der Waals surface area contributed by atoms with Crippen molar-refractivity contribution >= 4 is 0 Å². The third kappa shape index (κ3) is 7.00. The van der Waals surface area contributed by atoms with Crippen LogP contribution in [0.1, 0.15) is 44.9 Å². The normalized spacial score (nSPS) is 9.06. The molecule has 0 aliphatic heterocycles. The van der Waals surface area contributed by atoms with Crippen LogP contribution in [0, 0.1) is 19.7 Å². The maximum absolute atomic E-state index is 13.1. The molecule has 0 aliphatic rings. The van der Waals surface area contributed by atoms with Crippen molar-refractivity contribution in [3.8, 4) is 0 Å². The SMILES string of the molecule is CC.CC.Cc1nc(CN(C)C)nc(C)c1F. The van der Waals surface area contributed by atoms with Gasteiger partial charge in [-0.1, -0.05) is 27.7 Å². The lowest BCUT2D eigenvalue weighted by Gasteiger charge is -2.09. The molecule has 100 valence electrons. The Morgan fingerprint density at radius 2 is 1.29 bits per heavy atom. The molecule has 0 aliphatic carbocycles. The van der Waals surface area contributed by atoms with Crippen LogP contribution in [0.2, 0.25) is 0 Å². The number of aromatic nitrogens is 2. The minimum absolute atomic E-state index is 0.303. The van der Waals surface area contributed by atoms with Gasteiger partial charge in [-0.3, -0.25) is 0 Å². The van der Waals surface area contributed by atoms with Gasteiger partial charge < -0.3 is 4.90 Å². The van der Waals surface area contributed by atoms with Gasteiger partial charge in [-0.05, 0) is 27.9 Å². The van der Waals surface area contributed by atoms with Crippen LogP contribution in [-0.4, -0.2) is 29.0 Å². The van der Waals surface area contributed by atoms with Crippen molar-refractivity contribution < 1.29 is 4.39 Å². The lowest BCUT2D eigenvalue weighted by molar-refractivity contribution is 0.387. The second-order valence-corrected chi connectivity index (χ2v) is 3.36. The average molecular weight is 243 g/mol. The molecule has 0 radical (unpaired) electrons. The molecule has 0 fully saturated rings. The van der Waals surface area contributed by atoms with E-state index in [1.165, 1.54) is 0 Å². The van der Waals surface area contributed by atoms with Crippen LogP contribution in [0.4, 0.5) is 4.39 Å². The van der Waals surface area contributed by atoms with Crippen molar-refractivity contribution in [2.45, 2.75) is 48.1 Å². The minimum atomic E-state index is -0.303. The summed E-state index contributed by atoms with van der Waals surface area (Å²) in [6.45, 7) is 12.0. The van der Waals surface area contributed by atoms with Gasteiger partial charge in [-0.2, -0.15) is 0 Å². The summed E-state index contributed by atoms with van der Waals surface area (Å²) >= 11 is 0. The summed E-state index contributed by atoms with van der Waals surface area (Å²) in [5.74, 6) is 0.365. The molecule has 0 amide bonds. The largest absolute Gasteiger partial charge is 0.302 e. The summed E-state index contributed by atoms with van der Waals surface area (Å²) in [6.07, 6.45) is 0. The molecule has 0 unspecified atom stereocenters. The second kappa shape index (κ2) is 10.1. The van der Waals surface area contributed by atoms with Crippen LogP contribution < -0.4 is 0 Å². The molecule has 1 aromatic rings. The van der Waals surface area contributed by atoms with E-state index in [-0.39, 0.29) is 5.82 Å². The first-order valence-corrected chi connectivity index (χ1v) is 6.15. The number of hydrogen-bond acceptors (Lipinski definition) is 3. The summed E-state index contributed by atoms with van der Waals surface area (Å²) in [5.41, 5.74) is 0.841. The highest BCUT2D eigenvalue weighted by Gasteiger charge is 2.07. The number of hydrogen-bond donors (Lipinski definition) is 0. The van der Waals surface area contributed by atoms with Gasteiger partial charge in [0.1, 0.15) is 5.82 Å². The molecule has 0 aromatic carbocycles. The topological polar surface area (TPSA) is 29.0 Å². The fourth-order valence-electron chi connectivity index (χ4n) is 1.13. The van der Waals surface area contributed by atoms with Crippen LogP contribution in [0.25, 0.3) is 0 Å². The van der Waals surface area contributed by atoms with Crippen LogP contribution >= 0.6 is 0 Å². The van der Waals surface area contributed by atoms with E-state index in [1.54, 1.807) is 13.8 Å². The zero-order chi connectivity index (χ0) is 14.0. The molecule has 1 heterocycles. The molecule has 1 aromatic heterocycles. The van der Waals surface area contributed by atoms with E-state index in [4.69, 9.17) is 0 Å². The third-order valence-corrected chi connectivity index (χ3v) is 1.69. The van der Waals surface area contributed by atoms with E-state index in [1.807, 2.05) is 46.7 Å². The summed E-state index contributed by atoms with van der Waals surface area (Å²) in [4.78, 5) is 10.0. The molecule has 3 nitrogen and oxygen atoms in total. The van der Waals surface area contributed by atoms with E-state index >= 15 is 0 Å². The molecule has 0 saturated carbocycles. The van der Waals surface area contributed by atoms with E-state index in [0.29, 0.717) is 23.8 Å². The fourth-order valence-corrected chi connectivity index (χ4v) is 1.13. The van der Waals surface area contributed by atoms with Crippen LogP contribution in [-0.2, 0) is 6.54 Å². The van der Waals surface area contributed by atoms with Gasteiger partial charge in [0.25, 0.3) is 0 Å². The van der Waals surface area contributed by atoms with E-state index < -0.39 is 0 Å². The molecule has 4 heteroatoms. The number of rotatable bonds is 2. The fraction of sp³-hybridized carbons (Fsp3) is 0.692. The maximum atomic E-state index is 13.1. The first-order chi connectivity index (χ1) is 8.00. The first kappa shape index (κ1) is 18.3. The molecular weight excluding hydrogens is 217 g/mol. The lowest BCUT2D eigenvalue weighted by Crippen LogP contribution is -2.15. The van der Waals surface area contributed by atoms with E-state index in [0.717, 1.165) is 0 Å². The number of aryl methyl sites for hydroxylation is 2. The molecule has 0 spiro atoms. The van der Waals surface area contributed by atoms with Gasteiger partial charge in [-0.25, -0.2) is 14.4 Å². The molecular formula is C13H26FN3. The summed E-state index contributed by atoms with van der Waals surface area (Å²) in [7, 11) is 3.86. The molecule has 0 bridgehead atoms. The Balaban J connectivity index is 0. The van der Waals surface area contributed by atoms with Gasteiger partial charge in [-0.15, -0.1) is 0 Å². The Labute approximate surface area is 105 Å². The van der Waals surface area contributed by atoms with Gasteiger partial charge in [0.15, 0.2) is 5.82 Å². The zero-order valence-corrected chi connectivity index (χ0v) is 12.4. The standard InChI is InChI=1S/C9H14FN3.2C2H6/c1-6-9(10)7(2)12-8(11-6)5-13(3)4;2*1-2/h5H2,1-4H3;2*1-2H3. The van der Waals surface area contributed by atoms with Crippen LogP contribution in [0.3, 0.4) is 0 Å². The van der Waals surface area contributed by atoms with Crippen molar-refractivity contribution in [3.05, 3.63) is 23.0 Å². The molecule has 17 heavy (non-hydrogen) atoms. The minimum Gasteiger partial charge on any atom is -0.302 e. The second-order valence-electron chi connectivity index (χ2n) is 3.36. The van der Waals surface area contributed by atoms with Crippen LogP contribution in [0.5, 0.6) is 0 Å². The van der Waals surface area contributed by atoms with E-state index in [9.17, 15) is 4.39 Å². The predicted molar refractivity (Wildman–Crippen MR) is 71.6 cm³/mol. The quantitative estimate of drug-likeness (QED) is 0.797. The molecule has 0 saturated heterocycles.